The molecule has 142 valence electrons. The molecule has 2 aromatic heterocycles. The number of phenolic OH excluding ortho intramolecular Hbond substituents is 1. The summed E-state index contributed by atoms with van der Waals surface area (Å²) in [7, 11) is 2.10. The van der Waals surface area contributed by atoms with Crippen LogP contribution in [0.4, 0.5) is 5.82 Å². The van der Waals surface area contributed by atoms with Gasteiger partial charge in [0.1, 0.15) is 28.7 Å². The van der Waals surface area contributed by atoms with Gasteiger partial charge in [-0.05, 0) is 63.2 Å². The molecule has 3 aromatic rings. The van der Waals surface area contributed by atoms with E-state index >= 15 is 0 Å². The summed E-state index contributed by atoms with van der Waals surface area (Å²) < 4.78 is 0. The second kappa shape index (κ2) is 7.41. The van der Waals surface area contributed by atoms with Crippen molar-refractivity contribution in [1.29, 1.82) is 5.26 Å². The average Bonchev–Trinajstić information content (AvgIpc) is 2.68. The first-order valence-corrected chi connectivity index (χ1v) is 9.38. The molecular formula is C21H22N6O. The SMILES string of the molecule is Cc1ccc(-c2nnc(N[C@@H]3CCCN(C)C3)c3nc(C#N)ccc23)c(O)c1. The molecule has 2 N–H and O–H groups in total. The van der Waals surface area contributed by atoms with Crippen LogP contribution in [0.1, 0.15) is 24.1 Å². The lowest BCUT2D eigenvalue weighted by Crippen LogP contribution is -2.40. The molecule has 4 rings (SSSR count). The number of hydrogen-bond acceptors (Lipinski definition) is 7. The van der Waals surface area contributed by atoms with E-state index in [-0.39, 0.29) is 11.8 Å². The maximum Gasteiger partial charge on any atom is 0.175 e. The molecule has 1 fully saturated rings. The number of rotatable bonds is 3. The van der Waals surface area contributed by atoms with Gasteiger partial charge >= 0.3 is 0 Å². The first kappa shape index (κ1) is 18.1. The van der Waals surface area contributed by atoms with Crippen molar-refractivity contribution in [1.82, 2.24) is 20.1 Å². The number of likely N-dealkylation sites (N-methyl/N-ethyl adjacent to an activating group) is 1. The van der Waals surface area contributed by atoms with Crippen LogP contribution in [-0.4, -0.2) is 51.4 Å². The minimum absolute atomic E-state index is 0.148. The highest BCUT2D eigenvalue weighted by Gasteiger charge is 2.21. The maximum atomic E-state index is 10.4. The number of phenols is 1. The zero-order valence-corrected chi connectivity index (χ0v) is 16.0. The van der Waals surface area contributed by atoms with Crippen molar-refractivity contribution in [3.05, 3.63) is 41.6 Å². The zero-order valence-electron chi connectivity index (χ0n) is 16.0. The van der Waals surface area contributed by atoms with E-state index in [9.17, 15) is 10.4 Å². The number of benzene rings is 1. The molecule has 0 bridgehead atoms. The Bertz CT molecular complexity index is 1070. The molecule has 28 heavy (non-hydrogen) atoms. The number of fused-ring (bicyclic) bond motifs is 1. The van der Waals surface area contributed by atoms with E-state index in [2.05, 4.69) is 38.5 Å². The lowest BCUT2D eigenvalue weighted by atomic mass is 10.0. The van der Waals surface area contributed by atoms with Crippen molar-refractivity contribution in [2.45, 2.75) is 25.8 Å². The summed E-state index contributed by atoms with van der Waals surface area (Å²) in [5.74, 6) is 0.720. The van der Waals surface area contributed by atoms with Gasteiger partial charge in [-0.2, -0.15) is 5.26 Å². The van der Waals surface area contributed by atoms with Gasteiger partial charge in [0.2, 0.25) is 0 Å². The van der Waals surface area contributed by atoms with Crippen molar-refractivity contribution in [3.63, 3.8) is 0 Å². The van der Waals surface area contributed by atoms with Gasteiger partial charge in [-0.25, -0.2) is 4.98 Å². The monoisotopic (exact) mass is 374 g/mol. The number of hydrogen-bond donors (Lipinski definition) is 2. The number of pyridine rings is 1. The van der Waals surface area contributed by atoms with Crippen LogP contribution in [-0.2, 0) is 0 Å². The van der Waals surface area contributed by atoms with Gasteiger partial charge in [-0.15, -0.1) is 10.2 Å². The molecule has 0 spiro atoms. The van der Waals surface area contributed by atoms with Gasteiger partial charge in [0.25, 0.3) is 0 Å². The minimum atomic E-state index is 0.148. The number of nitrogens with zero attached hydrogens (tertiary/aromatic N) is 5. The quantitative estimate of drug-likeness (QED) is 0.727. The summed E-state index contributed by atoms with van der Waals surface area (Å²) in [6.45, 7) is 3.93. The van der Waals surface area contributed by atoms with Crippen molar-refractivity contribution in [3.8, 4) is 23.1 Å². The van der Waals surface area contributed by atoms with E-state index in [1.807, 2.05) is 25.1 Å². The van der Waals surface area contributed by atoms with Gasteiger partial charge in [0.15, 0.2) is 5.82 Å². The van der Waals surface area contributed by atoms with Crippen LogP contribution >= 0.6 is 0 Å². The summed E-state index contributed by atoms with van der Waals surface area (Å²) in [5.41, 5.74) is 3.03. The zero-order chi connectivity index (χ0) is 19.7. The van der Waals surface area contributed by atoms with Gasteiger partial charge in [-0.1, -0.05) is 6.07 Å². The highest BCUT2D eigenvalue weighted by molar-refractivity contribution is 5.98. The van der Waals surface area contributed by atoms with Gasteiger partial charge in [0, 0.05) is 23.5 Å². The molecule has 7 heteroatoms. The highest BCUT2D eigenvalue weighted by Crippen LogP contribution is 2.34. The number of aromatic nitrogens is 3. The highest BCUT2D eigenvalue weighted by atomic mass is 16.3. The topological polar surface area (TPSA) is 98.0 Å². The number of anilines is 1. The number of piperidine rings is 1. The van der Waals surface area contributed by atoms with Crippen molar-refractivity contribution < 1.29 is 5.11 Å². The van der Waals surface area contributed by atoms with Gasteiger partial charge < -0.3 is 15.3 Å². The number of aryl methyl sites for hydroxylation is 1. The van der Waals surface area contributed by atoms with E-state index in [0.29, 0.717) is 28.3 Å². The predicted octanol–water partition coefficient (Wildman–Crippen LogP) is 3.08. The Morgan fingerprint density at radius 2 is 2.11 bits per heavy atom. The standard InChI is InChI=1S/C21H22N6O/c1-13-5-7-16(18(28)10-13)19-17-8-6-14(11-22)23-20(17)21(26-25-19)24-15-4-3-9-27(2)12-15/h5-8,10,15,28H,3-4,9,12H2,1-2H3,(H,24,26)/t15-/m1/s1. The van der Waals surface area contributed by atoms with Crippen LogP contribution in [0, 0.1) is 18.3 Å². The fourth-order valence-corrected chi connectivity index (χ4v) is 3.71. The number of likely N-dealkylation sites (tertiary alicyclic amines) is 1. The third-order valence-electron chi connectivity index (χ3n) is 5.11. The molecule has 1 saturated heterocycles. The Hall–Kier alpha value is -3.24. The summed E-state index contributed by atoms with van der Waals surface area (Å²) in [6, 6.07) is 11.3. The van der Waals surface area contributed by atoms with Gasteiger partial charge in [0.05, 0.1) is 0 Å². The lowest BCUT2D eigenvalue weighted by molar-refractivity contribution is 0.261. The summed E-state index contributed by atoms with van der Waals surface area (Å²) in [4.78, 5) is 6.77. The second-order valence-electron chi connectivity index (χ2n) is 7.37. The molecule has 1 aliphatic rings. The molecule has 0 amide bonds. The largest absolute Gasteiger partial charge is 0.507 e. The summed E-state index contributed by atoms with van der Waals surface area (Å²) in [5, 5.41) is 32.7. The Kier molecular flexibility index (Phi) is 4.80. The van der Waals surface area contributed by atoms with E-state index in [4.69, 9.17) is 0 Å². The van der Waals surface area contributed by atoms with Crippen LogP contribution in [0.25, 0.3) is 22.2 Å². The predicted molar refractivity (Wildman–Crippen MR) is 108 cm³/mol. The van der Waals surface area contributed by atoms with Crippen molar-refractivity contribution in [2.75, 3.05) is 25.5 Å². The van der Waals surface area contributed by atoms with E-state index in [1.165, 1.54) is 0 Å². The van der Waals surface area contributed by atoms with E-state index in [1.54, 1.807) is 12.1 Å². The average molecular weight is 374 g/mol. The molecule has 7 nitrogen and oxygen atoms in total. The van der Waals surface area contributed by atoms with Gasteiger partial charge in [-0.3, -0.25) is 0 Å². The number of aromatic hydroxyl groups is 1. The smallest absolute Gasteiger partial charge is 0.175 e. The Labute approximate surface area is 163 Å². The van der Waals surface area contributed by atoms with Crippen LogP contribution in [0.3, 0.4) is 0 Å². The molecule has 3 heterocycles. The molecule has 0 radical (unpaired) electrons. The van der Waals surface area contributed by atoms with Crippen LogP contribution in [0.5, 0.6) is 5.75 Å². The molecule has 1 atom stereocenters. The fourth-order valence-electron chi connectivity index (χ4n) is 3.71. The first-order valence-electron chi connectivity index (χ1n) is 9.38. The molecule has 0 unspecified atom stereocenters. The molecule has 0 saturated carbocycles. The normalized spacial score (nSPS) is 17.4. The maximum absolute atomic E-state index is 10.4. The summed E-state index contributed by atoms with van der Waals surface area (Å²) in [6.07, 6.45) is 2.16. The molecule has 0 aliphatic carbocycles. The molecule has 1 aliphatic heterocycles. The molecular weight excluding hydrogens is 352 g/mol. The number of nitrogens with one attached hydrogen (secondary N) is 1. The summed E-state index contributed by atoms with van der Waals surface area (Å²) >= 11 is 0. The first-order chi connectivity index (χ1) is 13.5. The lowest BCUT2D eigenvalue weighted by Gasteiger charge is -2.30. The van der Waals surface area contributed by atoms with Crippen LogP contribution in [0.2, 0.25) is 0 Å². The Balaban J connectivity index is 1.82. The van der Waals surface area contributed by atoms with Crippen LogP contribution < -0.4 is 5.32 Å². The number of nitriles is 1. The van der Waals surface area contributed by atoms with E-state index in [0.717, 1.165) is 36.9 Å². The third-order valence-corrected chi connectivity index (χ3v) is 5.11. The van der Waals surface area contributed by atoms with Crippen LogP contribution in [0.15, 0.2) is 30.3 Å². The molecule has 1 aromatic carbocycles. The third kappa shape index (κ3) is 3.47. The Morgan fingerprint density at radius 3 is 2.86 bits per heavy atom. The second-order valence-corrected chi connectivity index (χ2v) is 7.37. The van der Waals surface area contributed by atoms with E-state index < -0.39 is 0 Å². The minimum Gasteiger partial charge on any atom is -0.507 e. The van der Waals surface area contributed by atoms with Crippen molar-refractivity contribution in [2.24, 2.45) is 0 Å². The Morgan fingerprint density at radius 1 is 1.25 bits per heavy atom. The van der Waals surface area contributed by atoms with Crippen molar-refractivity contribution >= 4 is 16.7 Å². The fraction of sp³-hybridized carbons (Fsp3) is 0.333.